The Hall–Kier alpha value is -0.353. The number of hydrogen-bond acceptors (Lipinski definition) is 3. The van der Waals surface area contributed by atoms with Crippen molar-refractivity contribution in [2.45, 2.75) is 84.2 Å². The smallest absolute Gasteiger partial charge is 0.304 e. The minimum absolute atomic E-state index is 0.105. The monoisotopic (exact) mass is 286 g/mol. The molecule has 0 radical (unpaired) electrons. The van der Waals surface area contributed by atoms with Crippen molar-refractivity contribution in [2.75, 3.05) is 0 Å². The molecule has 0 aromatic carbocycles. The van der Waals surface area contributed by atoms with Gasteiger partial charge in [0.1, 0.15) is 0 Å². The molecule has 1 saturated heterocycles. The first-order chi connectivity index (χ1) is 8.34. The summed E-state index contributed by atoms with van der Waals surface area (Å²) in [6.45, 7) is 19.5. The van der Waals surface area contributed by atoms with Crippen LogP contribution in [0, 0.1) is 5.92 Å². The highest BCUT2D eigenvalue weighted by Gasteiger charge is 2.65. The second-order valence-electron chi connectivity index (χ2n) is 7.98. The summed E-state index contributed by atoms with van der Waals surface area (Å²) in [5, 5.41) is 0.210. The van der Waals surface area contributed by atoms with Crippen molar-refractivity contribution in [1.29, 1.82) is 0 Å². The molecule has 0 bridgehead atoms. The number of rotatable bonds is 1. The Morgan fingerprint density at radius 3 is 1.74 bits per heavy atom. The molecule has 1 rings (SSSR count). The summed E-state index contributed by atoms with van der Waals surface area (Å²) in [6, 6.07) is 0. The van der Waals surface area contributed by atoms with Crippen molar-refractivity contribution < 1.29 is 14.0 Å². The maximum atomic E-state index is 11.3. The molecular weight excluding hydrogens is 256 g/mol. The Bertz CT molecular complexity index is 337. The topological polar surface area (TPSA) is 35.5 Å². The van der Waals surface area contributed by atoms with Crippen LogP contribution in [0.15, 0.2) is 0 Å². The first-order valence-electron chi connectivity index (χ1n) is 7.19. The summed E-state index contributed by atoms with van der Waals surface area (Å²) in [6.07, 6.45) is -0.377. The van der Waals surface area contributed by atoms with Crippen molar-refractivity contribution in [1.82, 2.24) is 0 Å². The average Bonchev–Trinajstić information content (AvgIpc) is 2.40. The predicted molar refractivity (Wildman–Crippen MR) is 80.4 cm³/mol. The lowest BCUT2D eigenvalue weighted by Crippen LogP contribution is -2.55. The van der Waals surface area contributed by atoms with Gasteiger partial charge < -0.3 is 9.16 Å². The molecule has 3 nitrogen and oxygen atoms in total. The summed E-state index contributed by atoms with van der Waals surface area (Å²) in [4.78, 5) is 11.3. The van der Waals surface area contributed by atoms with E-state index in [9.17, 15) is 4.79 Å². The molecule has 19 heavy (non-hydrogen) atoms. The van der Waals surface area contributed by atoms with Gasteiger partial charge in [-0.1, -0.05) is 55.4 Å². The van der Waals surface area contributed by atoms with Crippen LogP contribution in [0.4, 0.5) is 0 Å². The third-order valence-electron chi connectivity index (χ3n) is 4.67. The number of carbonyl (C=O) groups is 1. The van der Waals surface area contributed by atoms with Gasteiger partial charge in [0.05, 0.1) is 0 Å². The van der Waals surface area contributed by atoms with Crippen LogP contribution in [-0.2, 0) is 14.0 Å². The van der Waals surface area contributed by atoms with Crippen LogP contribution in [0.1, 0.15) is 62.3 Å². The van der Waals surface area contributed by atoms with E-state index < -0.39 is 8.32 Å². The van der Waals surface area contributed by atoms with Gasteiger partial charge in [-0.2, -0.15) is 0 Å². The van der Waals surface area contributed by atoms with Crippen molar-refractivity contribution in [3.8, 4) is 0 Å². The third kappa shape index (κ3) is 2.61. The fourth-order valence-electron chi connectivity index (χ4n) is 4.14. The predicted octanol–water partition coefficient (Wildman–Crippen LogP) is 4.48. The molecule has 1 aliphatic rings. The lowest BCUT2D eigenvalue weighted by atomic mass is 10.1. The van der Waals surface area contributed by atoms with E-state index in [0.29, 0.717) is 5.54 Å². The molecule has 0 N–H and O–H groups in total. The number of hydrogen-bond donors (Lipinski definition) is 0. The van der Waals surface area contributed by atoms with Gasteiger partial charge >= 0.3 is 5.97 Å². The van der Waals surface area contributed by atoms with Gasteiger partial charge in [0.15, 0.2) is 6.29 Å². The molecule has 0 aromatic rings. The number of esters is 1. The summed E-state index contributed by atoms with van der Waals surface area (Å²) in [5.74, 6) is 0.00526. The fourth-order valence-corrected chi connectivity index (χ4v) is 11.6. The molecule has 4 heteroatoms. The molecule has 1 heterocycles. The van der Waals surface area contributed by atoms with E-state index in [2.05, 4.69) is 55.4 Å². The molecule has 0 spiro atoms. The first kappa shape index (κ1) is 16.7. The van der Waals surface area contributed by atoms with E-state index in [-0.39, 0.29) is 28.3 Å². The molecule has 0 amide bonds. The second-order valence-corrected chi connectivity index (χ2v) is 13.6. The molecule has 112 valence electrons. The molecule has 3 atom stereocenters. The highest BCUT2D eigenvalue weighted by molar-refractivity contribution is 6.81. The Labute approximate surface area is 119 Å². The second kappa shape index (κ2) is 4.88. The van der Waals surface area contributed by atoms with Crippen LogP contribution in [-0.4, -0.2) is 20.6 Å². The lowest BCUT2D eigenvalue weighted by Gasteiger charge is -2.50. The van der Waals surface area contributed by atoms with E-state index in [1.54, 1.807) is 0 Å². The van der Waals surface area contributed by atoms with Crippen molar-refractivity contribution in [2.24, 2.45) is 5.92 Å². The highest BCUT2D eigenvalue weighted by Crippen LogP contribution is 2.63. The third-order valence-corrected chi connectivity index (χ3v) is 11.5. The van der Waals surface area contributed by atoms with Crippen LogP contribution >= 0.6 is 0 Å². The molecule has 1 fully saturated rings. The van der Waals surface area contributed by atoms with Gasteiger partial charge in [0.25, 0.3) is 0 Å². The maximum absolute atomic E-state index is 11.3. The average molecular weight is 286 g/mol. The van der Waals surface area contributed by atoms with Crippen LogP contribution in [0.5, 0.6) is 0 Å². The Kier molecular flexibility index (Phi) is 4.29. The van der Waals surface area contributed by atoms with Crippen molar-refractivity contribution in [3.05, 3.63) is 0 Å². The van der Waals surface area contributed by atoms with E-state index in [0.717, 1.165) is 0 Å². The molecule has 1 unspecified atom stereocenters. The molecule has 0 saturated carbocycles. The van der Waals surface area contributed by atoms with Gasteiger partial charge in [-0.3, -0.25) is 4.79 Å². The molecular formula is C15H30O3Si. The summed E-state index contributed by atoms with van der Waals surface area (Å²) >= 11 is 0. The number of ether oxygens (including phenoxy) is 1. The largest absolute Gasteiger partial charge is 0.437 e. The Morgan fingerprint density at radius 2 is 1.47 bits per heavy atom. The Morgan fingerprint density at radius 1 is 1.05 bits per heavy atom. The first-order valence-corrected chi connectivity index (χ1v) is 9.18. The normalized spacial score (nSPS) is 31.3. The zero-order chi connectivity index (χ0) is 15.2. The van der Waals surface area contributed by atoms with Gasteiger partial charge in [-0.15, -0.1) is 0 Å². The van der Waals surface area contributed by atoms with E-state index >= 15 is 0 Å². The standard InChI is InChI=1S/C15H30O3Si/c1-10-11(2)19(14(4,5)6,15(7,8)9)18-13(10)17-12(3)16/h10-11,13H,1-9H3/t10-,11+,13?/m0/s1. The van der Waals surface area contributed by atoms with Crippen LogP contribution in [0.25, 0.3) is 0 Å². The minimum Gasteiger partial charge on any atom is -0.437 e. The number of carbonyl (C=O) groups excluding carboxylic acids is 1. The molecule has 0 aliphatic carbocycles. The lowest BCUT2D eigenvalue weighted by molar-refractivity contribution is -0.165. The van der Waals surface area contributed by atoms with E-state index in [4.69, 9.17) is 9.16 Å². The summed E-state index contributed by atoms with van der Waals surface area (Å²) in [5.41, 5.74) is 0.455. The van der Waals surface area contributed by atoms with E-state index in [1.807, 2.05) is 0 Å². The van der Waals surface area contributed by atoms with Crippen LogP contribution in [0.2, 0.25) is 15.6 Å². The van der Waals surface area contributed by atoms with Crippen molar-refractivity contribution in [3.63, 3.8) is 0 Å². The zero-order valence-corrected chi connectivity index (χ0v) is 15.0. The maximum Gasteiger partial charge on any atom is 0.304 e. The van der Waals surface area contributed by atoms with Crippen LogP contribution in [0.3, 0.4) is 0 Å². The molecule has 0 aromatic heterocycles. The molecule has 1 aliphatic heterocycles. The fraction of sp³-hybridized carbons (Fsp3) is 0.933. The van der Waals surface area contributed by atoms with E-state index in [1.165, 1.54) is 6.92 Å². The highest BCUT2D eigenvalue weighted by atomic mass is 28.4. The quantitative estimate of drug-likeness (QED) is 0.527. The summed E-state index contributed by atoms with van der Waals surface area (Å²) in [7, 11) is -2.11. The van der Waals surface area contributed by atoms with Crippen molar-refractivity contribution >= 4 is 14.3 Å². The van der Waals surface area contributed by atoms with Gasteiger partial charge in [-0.05, 0) is 15.6 Å². The van der Waals surface area contributed by atoms with Crippen LogP contribution < -0.4 is 0 Å². The van der Waals surface area contributed by atoms with Gasteiger partial charge in [-0.25, -0.2) is 0 Å². The minimum atomic E-state index is -2.11. The summed E-state index contributed by atoms with van der Waals surface area (Å²) < 4.78 is 11.9. The SMILES string of the molecule is CC(=O)OC1O[Si](C(C)(C)C)(C(C)(C)C)[C@H](C)[C@@H]1C. The van der Waals surface area contributed by atoms with Gasteiger partial charge in [0, 0.05) is 12.8 Å². The Balaban J connectivity index is 3.25. The zero-order valence-electron chi connectivity index (χ0n) is 14.0. The van der Waals surface area contributed by atoms with Gasteiger partial charge in [0.2, 0.25) is 8.32 Å².